The van der Waals surface area contributed by atoms with Crippen molar-refractivity contribution in [2.45, 2.75) is 0 Å². The van der Waals surface area contributed by atoms with Gasteiger partial charge in [-0.3, -0.25) is 0 Å². The molecule has 0 bridgehead atoms. The molecule has 6 heteroatoms. The van der Waals surface area contributed by atoms with Gasteiger partial charge in [0.25, 0.3) is 0 Å². The van der Waals surface area contributed by atoms with E-state index in [1.165, 1.54) is 0 Å². The first-order valence-electron chi connectivity index (χ1n) is 15.8. The Morgan fingerprint density at radius 2 is 1.12 bits per heavy atom. The monoisotopic (exact) mass is 616 g/mol. The highest BCUT2D eigenvalue weighted by Crippen LogP contribution is 2.40. The van der Waals surface area contributed by atoms with Gasteiger partial charge in [-0.05, 0) is 52.9 Å². The number of fused-ring (bicyclic) bond motifs is 8. The van der Waals surface area contributed by atoms with Crippen molar-refractivity contribution in [3.63, 3.8) is 0 Å². The number of para-hydroxylation sites is 1. The van der Waals surface area contributed by atoms with Gasteiger partial charge < -0.3 is 8.83 Å². The van der Waals surface area contributed by atoms with Gasteiger partial charge in [0, 0.05) is 49.8 Å². The number of rotatable bonds is 4. The number of hydrogen-bond acceptors (Lipinski definition) is 6. The second-order valence-electron chi connectivity index (χ2n) is 11.8. The molecule has 0 saturated carbocycles. The molecule has 0 aliphatic heterocycles. The highest BCUT2D eigenvalue weighted by Gasteiger charge is 2.19. The van der Waals surface area contributed by atoms with Gasteiger partial charge in [0.05, 0.1) is 0 Å². The molecule has 4 aromatic heterocycles. The molecule has 6 nitrogen and oxygen atoms in total. The van der Waals surface area contributed by atoms with Gasteiger partial charge in [0.1, 0.15) is 16.7 Å². The number of furan rings is 2. The number of benzene rings is 6. The Labute approximate surface area is 274 Å². The Balaban J connectivity index is 1.19. The van der Waals surface area contributed by atoms with E-state index in [-0.39, 0.29) is 0 Å². The minimum Gasteiger partial charge on any atom is -0.456 e. The van der Waals surface area contributed by atoms with Crippen LogP contribution in [0, 0.1) is 0 Å². The van der Waals surface area contributed by atoms with Crippen LogP contribution in [0.1, 0.15) is 0 Å². The molecule has 0 aliphatic carbocycles. The highest BCUT2D eigenvalue weighted by molar-refractivity contribution is 6.18. The molecule has 0 spiro atoms. The first-order chi connectivity index (χ1) is 23.8. The number of aromatic nitrogens is 4. The third-order valence-corrected chi connectivity index (χ3v) is 9.00. The van der Waals surface area contributed by atoms with Crippen LogP contribution >= 0.6 is 0 Å². The van der Waals surface area contributed by atoms with Crippen molar-refractivity contribution in [3.8, 4) is 45.3 Å². The van der Waals surface area contributed by atoms with Crippen LogP contribution in [0.15, 0.2) is 155 Å². The van der Waals surface area contributed by atoms with Crippen molar-refractivity contribution in [2.24, 2.45) is 0 Å². The molecule has 10 aromatic rings. The van der Waals surface area contributed by atoms with E-state index in [1.54, 1.807) is 6.20 Å². The van der Waals surface area contributed by atoms with Crippen LogP contribution in [0.25, 0.3) is 100 Å². The van der Waals surface area contributed by atoms with Crippen molar-refractivity contribution in [2.75, 3.05) is 0 Å². The molecule has 10 rings (SSSR count). The van der Waals surface area contributed by atoms with Crippen molar-refractivity contribution < 1.29 is 8.83 Å². The van der Waals surface area contributed by atoms with Gasteiger partial charge in [-0.2, -0.15) is 0 Å². The second kappa shape index (κ2) is 10.4. The molecule has 0 unspecified atom stereocenters. The quantitative estimate of drug-likeness (QED) is 0.196. The topological polar surface area (TPSA) is 77.8 Å². The summed E-state index contributed by atoms with van der Waals surface area (Å²) in [5, 5.41) is 6.20. The summed E-state index contributed by atoms with van der Waals surface area (Å²) in [5.74, 6) is 1.78. The van der Waals surface area contributed by atoms with Gasteiger partial charge in [-0.1, -0.05) is 103 Å². The molecule has 0 radical (unpaired) electrons. The molecule has 224 valence electrons. The van der Waals surface area contributed by atoms with E-state index in [0.717, 1.165) is 76.9 Å². The Morgan fingerprint density at radius 3 is 2.06 bits per heavy atom. The summed E-state index contributed by atoms with van der Waals surface area (Å²) in [6, 6.07) is 47.1. The lowest BCUT2D eigenvalue weighted by atomic mass is 9.95. The summed E-state index contributed by atoms with van der Waals surface area (Å²) in [6.45, 7) is 0. The number of pyridine rings is 1. The summed E-state index contributed by atoms with van der Waals surface area (Å²) in [5.41, 5.74) is 7.87. The van der Waals surface area contributed by atoms with Crippen molar-refractivity contribution in [3.05, 3.63) is 146 Å². The maximum Gasteiger partial charge on any atom is 0.227 e. The van der Waals surface area contributed by atoms with Gasteiger partial charge in [0.2, 0.25) is 5.71 Å². The Bertz CT molecular complexity index is 2850. The van der Waals surface area contributed by atoms with Gasteiger partial charge in [-0.25, -0.2) is 19.9 Å². The minimum absolute atomic E-state index is 0.586. The molecule has 0 fully saturated rings. The maximum atomic E-state index is 6.38. The Kier molecular flexibility index (Phi) is 5.77. The fourth-order valence-electron chi connectivity index (χ4n) is 6.81. The van der Waals surface area contributed by atoms with Crippen LogP contribution in [0.5, 0.6) is 0 Å². The largest absolute Gasteiger partial charge is 0.456 e. The van der Waals surface area contributed by atoms with E-state index in [2.05, 4.69) is 77.8 Å². The van der Waals surface area contributed by atoms with E-state index in [9.17, 15) is 0 Å². The fraction of sp³-hybridized carbons (Fsp3) is 0. The van der Waals surface area contributed by atoms with Crippen molar-refractivity contribution in [1.82, 2.24) is 19.9 Å². The predicted molar refractivity (Wildman–Crippen MR) is 191 cm³/mol. The lowest BCUT2D eigenvalue weighted by Crippen LogP contribution is -2.00. The summed E-state index contributed by atoms with van der Waals surface area (Å²) >= 11 is 0. The molecule has 0 saturated heterocycles. The third kappa shape index (κ3) is 4.13. The molecule has 4 heterocycles. The normalized spacial score (nSPS) is 11.8. The second-order valence-corrected chi connectivity index (χ2v) is 11.8. The molecule has 0 aliphatic rings. The molecule has 0 N–H and O–H groups in total. The lowest BCUT2D eigenvalue weighted by Gasteiger charge is -2.11. The zero-order valence-electron chi connectivity index (χ0n) is 25.5. The van der Waals surface area contributed by atoms with Crippen LogP contribution in [0.2, 0.25) is 0 Å². The average Bonchev–Trinajstić information content (AvgIpc) is 3.74. The third-order valence-electron chi connectivity index (χ3n) is 9.00. The molecule has 0 amide bonds. The zero-order valence-corrected chi connectivity index (χ0v) is 25.5. The Morgan fingerprint density at radius 1 is 0.417 bits per heavy atom. The van der Waals surface area contributed by atoms with E-state index in [4.69, 9.17) is 23.8 Å². The summed E-state index contributed by atoms with van der Waals surface area (Å²) in [4.78, 5) is 19.7. The first-order valence-corrected chi connectivity index (χ1v) is 15.8. The molecule has 6 aromatic carbocycles. The summed E-state index contributed by atoms with van der Waals surface area (Å²) in [7, 11) is 0. The van der Waals surface area contributed by atoms with Crippen LogP contribution in [-0.4, -0.2) is 19.9 Å². The van der Waals surface area contributed by atoms with Crippen LogP contribution in [0.3, 0.4) is 0 Å². The SMILES string of the molecule is c1ccc(-c2nc(-c3cccc(-c4cccc5ccc6c7cccnc7oc6c45)c3)nc(-c3cccc4oc5ccccc5c34)n2)cc1. The summed E-state index contributed by atoms with van der Waals surface area (Å²) in [6.07, 6.45) is 1.76. The number of nitrogens with zero attached hydrogens (tertiary/aromatic N) is 4. The van der Waals surface area contributed by atoms with Crippen molar-refractivity contribution >= 4 is 54.8 Å². The van der Waals surface area contributed by atoms with Gasteiger partial charge in [0.15, 0.2) is 17.5 Å². The van der Waals surface area contributed by atoms with E-state index in [0.29, 0.717) is 23.2 Å². The highest BCUT2D eigenvalue weighted by atomic mass is 16.3. The predicted octanol–water partition coefficient (Wildman–Crippen LogP) is 10.9. The number of hydrogen-bond donors (Lipinski definition) is 0. The van der Waals surface area contributed by atoms with Crippen LogP contribution < -0.4 is 0 Å². The maximum absolute atomic E-state index is 6.38. The molecule has 48 heavy (non-hydrogen) atoms. The standard InChI is InChI=1S/C42H24N4O2/c1-2-10-26(11-3-1)39-44-40(46-41(45-39)33-17-8-20-35-37(33)32-15-4-5-19-34(32)47-35)28-14-6-13-27(24-28)29-16-7-12-25-21-22-30-31-18-9-23-43-42(31)48-38(30)36(25)29/h1-24H. The fourth-order valence-corrected chi connectivity index (χ4v) is 6.81. The molecular formula is C42H24N4O2. The Hall–Kier alpha value is -6.66. The van der Waals surface area contributed by atoms with Gasteiger partial charge in [-0.15, -0.1) is 0 Å². The van der Waals surface area contributed by atoms with E-state index in [1.807, 2.05) is 66.7 Å². The molecule has 0 atom stereocenters. The van der Waals surface area contributed by atoms with Crippen LogP contribution in [0.4, 0.5) is 0 Å². The van der Waals surface area contributed by atoms with Gasteiger partial charge >= 0.3 is 0 Å². The van der Waals surface area contributed by atoms with Crippen LogP contribution in [-0.2, 0) is 0 Å². The van der Waals surface area contributed by atoms with E-state index >= 15 is 0 Å². The lowest BCUT2D eigenvalue weighted by molar-refractivity contribution is 0.657. The average molecular weight is 617 g/mol. The van der Waals surface area contributed by atoms with Crippen molar-refractivity contribution in [1.29, 1.82) is 0 Å². The molecular weight excluding hydrogens is 592 g/mol. The smallest absolute Gasteiger partial charge is 0.227 e. The summed E-state index contributed by atoms with van der Waals surface area (Å²) < 4.78 is 12.6. The van der Waals surface area contributed by atoms with E-state index < -0.39 is 0 Å². The minimum atomic E-state index is 0.586. The first kappa shape index (κ1) is 26.5. The zero-order chi connectivity index (χ0) is 31.6.